The summed E-state index contributed by atoms with van der Waals surface area (Å²) in [6, 6.07) is 3.69. The molecular formula is C18H25N5O2. The fraction of sp³-hybridized carbons (Fsp3) is 0.556. The number of aryl methyl sites for hydroxylation is 1. The Morgan fingerprint density at radius 3 is 2.48 bits per heavy atom. The second-order valence-corrected chi connectivity index (χ2v) is 7.36. The monoisotopic (exact) mass is 343 g/mol. The molecule has 1 fully saturated rings. The molecule has 7 heteroatoms. The molecule has 3 rings (SSSR count). The lowest BCUT2D eigenvalue weighted by Crippen LogP contribution is -2.53. The Bertz CT molecular complexity index is 845. The Morgan fingerprint density at radius 2 is 1.88 bits per heavy atom. The number of carbonyl (C=O) groups is 1. The highest BCUT2D eigenvalue weighted by Crippen LogP contribution is 2.20. The number of nitrogens with zero attached hydrogens (tertiary/aromatic N) is 5. The lowest BCUT2D eigenvalue weighted by atomic mass is 9.94. The lowest BCUT2D eigenvalue weighted by Gasteiger charge is -2.38. The van der Waals surface area contributed by atoms with Gasteiger partial charge in [0.15, 0.2) is 11.5 Å². The molecule has 25 heavy (non-hydrogen) atoms. The van der Waals surface area contributed by atoms with E-state index in [1.54, 1.807) is 10.8 Å². The number of amides is 1. The summed E-state index contributed by atoms with van der Waals surface area (Å²) < 4.78 is 1.66. The van der Waals surface area contributed by atoms with Crippen LogP contribution in [0, 0.1) is 5.41 Å². The van der Waals surface area contributed by atoms with Crippen LogP contribution in [0.25, 0.3) is 11.2 Å². The van der Waals surface area contributed by atoms with E-state index in [1.165, 1.54) is 0 Å². The molecule has 7 nitrogen and oxygen atoms in total. The van der Waals surface area contributed by atoms with Gasteiger partial charge in [-0.25, -0.2) is 9.97 Å². The van der Waals surface area contributed by atoms with Gasteiger partial charge in [0.2, 0.25) is 5.91 Å². The van der Waals surface area contributed by atoms with Crippen LogP contribution in [-0.2, 0) is 11.3 Å². The summed E-state index contributed by atoms with van der Waals surface area (Å²) in [4.78, 5) is 37.9. The van der Waals surface area contributed by atoms with Gasteiger partial charge >= 0.3 is 0 Å². The molecule has 1 saturated heterocycles. The second kappa shape index (κ2) is 6.46. The topological polar surface area (TPSA) is 71.3 Å². The second-order valence-electron chi connectivity index (χ2n) is 7.36. The van der Waals surface area contributed by atoms with Crippen molar-refractivity contribution >= 4 is 22.9 Å². The zero-order valence-corrected chi connectivity index (χ0v) is 15.3. The smallest absolute Gasteiger partial charge is 0.295 e. The Labute approximate surface area is 147 Å². The molecule has 0 N–H and O–H groups in total. The molecule has 1 aliphatic heterocycles. The number of hydrogen-bond donors (Lipinski definition) is 0. The van der Waals surface area contributed by atoms with Gasteiger partial charge in [0, 0.05) is 44.3 Å². The van der Waals surface area contributed by atoms with Crippen LogP contribution in [0.5, 0.6) is 0 Å². The van der Waals surface area contributed by atoms with E-state index in [2.05, 4.69) is 9.97 Å². The van der Waals surface area contributed by atoms with Crippen molar-refractivity contribution in [1.29, 1.82) is 0 Å². The van der Waals surface area contributed by atoms with Crippen LogP contribution in [0.2, 0.25) is 0 Å². The standard InChI is InChI=1S/C18H25N5O2/c1-5-23-14-13(7-6-8-19-14)20-15(16(23)24)21-9-11-22(12-10-21)17(25)18(2,3)4/h6-8H,5,9-12H2,1-4H3. The number of hydrogen-bond acceptors (Lipinski definition) is 5. The first-order valence-electron chi connectivity index (χ1n) is 8.73. The predicted molar refractivity (Wildman–Crippen MR) is 97.7 cm³/mol. The lowest BCUT2D eigenvalue weighted by molar-refractivity contribution is -0.139. The first-order chi connectivity index (χ1) is 11.8. The normalized spacial score (nSPS) is 15.7. The third kappa shape index (κ3) is 3.23. The zero-order chi connectivity index (χ0) is 18.2. The minimum atomic E-state index is -0.385. The Morgan fingerprint density at radius 1 is 1.20 bits per heavy atom. The van der Waals surface area contributed by atoms with Crippen LogP contribution < -0.4 is 10.5 Å². The Balaban J connectivity index is 1.88. The molecule has 0 aromatic carbocycles. The van der Waals surface area contributed by atoms with E-state index in [4.69, 9.17) is 0 Å². The quantitative estimate of drug-likeness (QED) is 0.826. The van der Waals surface area contributed by atoms with E-state index in [1.807, 2.05) is 49.6 Å². The minimum Gasteiger partial charge on any atom is -0.348 e. The van der Waals surface area contributed by atoms with Crippen LogP contribution >= 0.6 is 0 Å². The summed E-state index contributed by atoms with van der Waals surface area (Å²) in [7, 11) is 0. The SMILES string of the molecule is CCn1c(=O)c(N2CCN(C(=O)C(C)(C)C)CC2)nc2cccnc21. The summed E-state index contributed by atoms with van der Waals surface area (Å²) in [5, 5.41) is 0. The van der Waals surface area contributed by atoms with Crippen molar-refractivity contribution in [3.05, 3.63) is 28.7 Å². The number of pyridine rings is 1. The molecule has 0 atom stereocenters. The summed E-state index contributed by atoms with van der Waals surface area (Å²) in [5.74, 6) is 0.596. The van der Waals surface area contributed by atoms with Crippen molar-refractivity contribution < 1.29 is 4.79 Å². The number of carbonyl (C=O) groups excluding carboxylic acids is 1. The van der Waals surface area contributed by atoms with Gasteiger partial charge in [-0.15, -0.1) is 0 Å². The van der Waals surface area contributed by atoms with Crippen LogP contribution in [-0.4, -0.2) is 51.5 Å². The molecule has 3 heterocycles. The van der Waals surface area contributed by atoms with Crippen molar-refractivity contribution in [3.63, 3.8) is 0 Å². The van der Waals surface area contributed by atoms with E-state index >= 15 is 0 Å². The molecule has 0 radical (unpaired) electrons. The summed E-state index contributed by atoms with van der Waals surface area (Å²) in [6.45, 7) is 10.7. The molecule has 0 saturated carbocycles. The van der Waals surface area contributed by atoms with Crippen molar-refractivity contribution in [2.24, 2.45) is 5.41 Å². The van der Waals surface area contributed by atoms with Gasteiger partial charge in [-0.05, 0) is 19.1 Å². The van der Waals surface area contributed by atoms with Gasteiger partial charge in [-0.1, -0.05) is 20.8 Å². The molecule has 134 valence electrons. The molecule has 0 bridgehead atoms. The largest absolute Gasteiger partial charge is 0.348 e. The molecule has 0 spiro atoms. The van der Waals surface area contributed by atoms with E-state index in [0.29, 0.717) is 49.7 Å². The predicted octanol–water partition coefficient (Wildman–Crippen LogP) is 1.51. The van der Waals surface area contributed by atoms with Crippen LogP contribution in [0.1, 0.15) is 27.7 Å². The van der Waals surface area contributed by atoms with Crippen LogP contribution in [0.4, 0.5) is 5.82 Å². The number of anilines is 1. The van der Waals surface area contributed by atoms with E-state index in [9.17, 15) is 9.59 Å². The van der Waals surface area contributed by atoms with Gasteiger partial charge in [-0.2, -0.15) is 0 Å². The maximum Gasteiger partial charge on any atom is 0.295 e. The Kier molecular flexibility index (Phi) is 4.49. The maximum absolute atomic E-state index is 12.8. The van der Waals surface area contributed by atoms with E-state index < -0.39 is 0 Å². The maximum atomic E-state index is 12.8. The highest BCUT2D eigenvalue weighted by Gasteiger charge is 2.30. The summed E-state index contributed by atoms with van der Waals surface area (Å²) in [5.41, 5.74) is 0.820. The fourth-order valence-corrected chi connectivity index (χ4v) is 3.16. The zero-order valence-electron chi connectivity index (χ0n) is 15.3. The third-order valence-corrected chi connectivity index (χ3v) is 4.51. The summed E-state index contributed by atoms with van der Waals surface area (Å²) >= 11 is 0. The highest BCUT2D eigenvalue weighted by atomic mass is 16.2. The van der Waals surface area contributed by atoms with E-state index in [0.717, 1.165) is 0 Å². The number of fused-ring (bicyclic) bond motifs is 1. The van der Waals surface area contributed by atoms with Gasteiger partial charge in [0.1, 0.15) is 5.52 Å². The van der Waals surface area contributed by atoms with E-state index in [-0.39, 0.29) is 16.9 Å². The van der Waals surface area contributed by atoms with Crippen molar-refractivity contribution in [3.8, 4) is 0 Å². The summed E-state index contributed by atoms with van der Waals surface area (Å²) in [6.07, 6.45) is 1.67. The van der Waals surface area contributed by atoms with Crippen molar-refractivity contribution in [2.75, 3.05) is 31.1 Å². The van der Waals surface area contributed by atoms with Crippen molar-refractivity contribution in [2.45, 2.75) is 34.2 Å². The minimum absolute atomic E-state index is 0.121. The van der Waals surface area contributed by atoms with Gasteiger partial charge < -0.3 is 9.80 Å². The fourth-order valence-electron chi connectivity index (χ4n) is 3.16. The third-order valence-electron chi connectivity index (χ3n) is 4.51. The average molecular weight is 343 g/mol. The van der Waals surface area contributed by atoms with Crippen LogP contribution in [0.3, 0.4) is 0 Å². The first-order valence-corrected chi connectivity index (χ1v) is 8.73. The van der Waals surface area contributed by atoms with Gasteiger partial charge in [0.05, 0.1) is 0 Å². The molecule has 1 aliphatic rings. The molecular weight excluding hydrogens is 318 g/mol. The number of aromatic nitrogens is 3. The number of piperazine rings is 1. The highest BCUT2D eigenvalue weighted by molar-refractivity contribution is 5.81. The van der Waals surface area contributed by atoms with Crippen molar-refractivity contribution in [1.82, 2.24) is 19.4 Å². The molecule has 0 unspecified atom stereocenters. The van der Waals surface area contributed by atoms with Crippen LogP contribution in [0.15, 0.2) is 23.1 Å². The first kappa shape index (κ1) is 17.4. The molecule has 2 aromatic rings. The Hall–Kier alpha value is -2.44. The van der Waals surface area contributed by atoms with Gasteiger partial charge in [0.25, 0.3) is 5.56 Å². The average Bonchev–Trinajstić information content (AvgIpc) is 2.60. The molecule has 1 amide bonds. The molecule has 2 aromatic heterocycles. The van der Waals surface area contributed by atoms with Gasteiger partial charge in [-0.3, -0.25) is 14.2 Å². The molecule has 0 aliphatic carbocycles. The number of rotatable bonds is 2.